The monoisotopic (exact) mass is 406 g/mol. The summed E-state index contributed by atoms with van der Waals surface area (Å²) in [4.78, 5) is 64.8. The lowest BCUT2D eigenvalue weighted by atomic mass is 9.86. The molecule has 2 heterocycles. The van der Waals surface area contributed by atoms with E-state index in [1.807, 2.05) is 0 Å². The minimum Gasteiger partial charge on any atom is -0.459 e. The maximum atomic E-state index is 13.2. The van der Waals surface area contributed by atoms with E-state index in [9.17, 15) is 24.0 Å². The van der Waals surface area contributed by atoms with Crippen molar-refractivity contribution in [3.05, 3.63) is 70.8 Å². The lowest BCUT2D eigenvalue weighted by Crippen LogP contribution is -2.68. The number of piperidine rings is 1. The molecular weight excluding hydrogens is 388 g/mol. The number of nitrogens with one attached hydrogen (secondary N) is 1. The van der Waals surface area contributed by atoms with Gasteiger partial charge in [-0.3, -0.25) is 24.5 Å². The van der Waals surface area contributed by atoms with Crippen molar-refractivity contribution >= 4 is 29.6 Å². The van der Waals surface area contributed by atoms with E-state index in [0.29, 0.717) is 16.0 Å². The number of hydrogen-bond donors (Lipinski definition) is 1. The topological polar surface area (TPSA) is 110 Å². The highest BCUT2D eigenvalue weighted by molar-refractivity contribution is 6.28. The molecule has 8 nitrogen and oxygen atoms in total. The van der Waals surface area contributed by atoms with E-state index in [4.69, 9.17) is 4.74 Å². The summed E-state index contributed by atoms with van der Waals surface area (Å²) >= 11 is 0. The van der Waals surface area contributed by atoms with Crippen molar-refractivity contribution in [1.29, 1.82) is 0 Å². The second-order valence-electron chi connectivity index (χ2n) is 7.24. The van der Waals surface area contributed by atoms with Gasteiger partial charge < -0.3 is 4.74 Å². The third-order valence-electron chi connectivity index (χ3n) is 5.40. The SMILES string of the molecule is Cc1cccc2c1C(=O)N([C@]1(C(=O)OCc3ccccc3)CCC(=O)NC1=O)C2=O. The van der Waals surface area contributed by atoms with Gasteiger partial charge in [0, 0.05) is 6.42 Å². The zero-order valence-electron chi connectivity index (χ0n) is 16.1. The Morgan fingerprint density at radius 2 is 1.77 bits per heavy atom. The van der Waals surface area contributed by atoms with Crippen LogP contribution in [0.1, 0.15) is 44.7 Å². The number of carbonyl (C=O) groups is 5. The summed E-state index contributed by atoms with van der Waals surface area (Å²) in [6.45, 7) is 1.52. The van der Waals surface area contributed by atoms with Gasteiger partial charge in [-0.15, -0.1) is 0 Å². The highest BCUT2D eigenvalue weighted by Gasteiger charge is 2.61. The van der Waals surface area contributed by atoms with Crippen molar-refractivity contribution in [2.45, 2.75) is 31.9 Å². The molecule has 0 bridgehead atoms. The molecule has 4 amide bonds. The zero-order valence-corrected chi connectivity index (χ0v) is 16.1. The summed E-state index contributed by atoms with van der Waals surface area (Å²) in [7, 11) is 0. The normalized spacial score (nSPS) is 20.8. The number of ether oxygens (including phenoxy) is 1. The molecule has 30 heavy (non-hydrogen) atoms. The molecule has 2 aliphatic heterocycles. The van der Waals surface area contributed by atoms with Crippen molar-refractivity contribution in [1.82, 2.24) is 10.2 Å². The van der Waals surface area contributed by atoms with Crippen LogP contribution in [0, 0.1) is 6.92 Å². The number of nitrogens with zero attached hydrogens (tertiary/aromatic N) is 1. The Kier molecular flexibility index (Phi) is 4.69. The van der Waals surface area contributed by atoms with Crippen molar-refractivity contribution in [3.8, 4) is 0 Å². The molecule has 0 aromatic heterocycles. The minimum atomic E-state index is -2.25. The van der Waals surface area contributed by atoms with Crippen LogP contribution in [0.4, 0.5) is 0 Å². The summed E-state index contributed by atoms with van der Waals surface area (Å²) < 4.78 is 5.36. The van der Waals surface area contributed by atoms with Crippen LogP contribution >= 0.6 is 0 Å². The van der Waals surface area contributed by atoms with Crippen molar-refractivity contribution in [2.24, 2.45) is 0 Å². The number of carbonyl (C=O) groups excluding carboxylic acids is 5. The molecule has 0 aliphatic carbocycles. The summed E-state index contributed by atoms with van der Waals surface area (Å²) in [5, 5.41) is 2.08. The number of amides is 4. The van der Waals surface area contributed by atoms with E-state index < -0.39 is 35.1 Å². The van der Waals surface area contributed by atoms with Gasteiger partial charge in [0.2, 0.25) is 11.4 Å². The number of aryl methyl sites for hydroxylation is 1. The molecule has 2 aliphatic rings. The molecule has 1 saturated heterocycles. The third-order valence-corrected chi connectivity index (χ3v) is 5.40. The molecule has 0 radical (unpaired) electrons. The smallest absolute Gasteiger partial charge is 0.342 e. The fourth-order valence-electron chi connectivity index (χ4n) is 3.84. The molecule has 2 aromatic carbocycles. The summed E-state index contributed by atoms with van der Waals surface area (Å²) in [5.74, 6) is -4.19. The summed E-state index contributed by atoms with van der Waals surface area (Å²) in [6, 6.07) is 13.5. The van der Waals surface area contributed by atoms with Gasteiger partial charge in [-0.25, -0.2) is 9.69 Å². The van der Waals surface area contributed by atoms with Crippen LogP contribution in [0.5, 0.6) is 0 Å². The van der Waals surface area contributed by atoms with E-state index in [1.54, 1.807) is 49.4 Å². The molecular formula is C22H18N2O6. The Morgan fingerprint density at radius 3 is 2.43 bits per heavy atom. The molecule has 1 atom stereocenters. The maximum Gasteiger partial charge on any atom is 0.342 e. The van der Waals surface area contributed by atoms with Gasteiger partial charge in [-0.05, 0) is 30.5 Å². The van der Waals surface area contributed by atoms with Crippen molar-refractivity contribution in [3.63, 3.8) is 0 Å². The molecule has 0 unspecified atom stereocenters. The second-order valence-corrected chi connectivity index (χ2v) is 7.24. The van der Waals surface area contributed by atoms with Crippen LogP contribution in [0.25, 0.3) is 0 Å². The molecule has 0 saturated carbocycles. The van der Waals surface area contributed by atoms with Gasteiger partial charge in [0.15, 0.2) is 0 Å². The Bertz CT molecular complexity index is 1090. The van der Waals surface area contributed by atoms with Crippen LogP contribution in [-0.4, -0.2) is 40.0 Å². The van der Waals surface area contributed by atoms with Crippen molar-refractivity contribution in [2.75, 3.05) is 0 Å². The van der Waals surface area contributed by atoms with E-state index >= 15 is 0 Å². The zero-order chi connectivity index (χ0) is 21.5. The first kappa shape index (κ1) is 19.5. The van der Waals surface area contributed by atoms with E-state index in [-0.39, 0.29) is 30.6 Å². The van der Waals surface area contributed by atoms with Crippen LogP contribution in [0.3, 0.4) is 0 Å². The lowest BCUT2D eigenvalue weighted by Gasteiger charge is -2.38. The Balaban J connectivity index is 1.74. The number of imide groups is 2. The summed E-state index contributed by atoms with van der Waals surface area (Å²) in [6.07, 6.45) is -0.547. The fourth-order valence-corrected chi connectivity index (χ4v) is 3.84. The number of hydrogen-bond acceptors (Lipinski definition) is 6. The summed E-state index contributed by atoms with van der Waals surface area (Å²) in [5.41, 5.74) is -0.773. The number of esters is 1. The second kappa shape index (κ2) is 7.22. The number of rotatable bonds is 4. The first-order chi connectivity index (χ1) is 14.4. The van der Waals surface area contributed by atoms with Gasteiger partial charge in [-0.2, -0.15) is 0 Å². The molecule has 1 fully saturated rings. The largest absolute Gasteiger partial charge is 0.459 e. The van der Waals surface area contributed by atoms with Crippen molar-refractivity contribution < 1.29 is 28.7 Å². The van der Waals surface area contributed by atoms with Crippen LogP contribution in [0.2, 0.25) is 0 Å². The standard InChI is InChI=1S/C22H18N2O6/c1-13-6-5-9-15-17(13)19(27)24(18(15)26)22(11-10-16(25)23-20(22)28)21(29)30-12-14-7-3-2-4-8-14/h2-9H,10-12H2,1H3,(H,23,25,28)/t22-/m1/s1. The van der Waals surface area contributed by atoms with Crippen LogP contribution in [-0.2, 0) is 25.7 Å². The molecule has 1 N–H and O–H groups in total. The number of benzene rings is 2. The van der Waals surface area contributed by atoms with Crippen LogP contribution < -0.4 is 5.32 Å². The fraction of sp³-hybridized carbons (Fsp3) is 0.227. The van der Waals surface area contributed by atoms with E-state index in [2.05, 4.69) is 5.32 Å². The Morgan fingerprint density at radius 1 is 1.03 bits per heavy atom. The highest BCUT2D eigenvalue weighted by Crippen LogP contribution is 2.36. The molecule has 0 spiro atoms. The maximum absolute atomic E-state index is 13.2. The minimum absolute atomic E-state index is 0.111. The molecule has 152 valence electrons. The first-order valence-electron chi connectivity index (χ1n) is 9.40. The van der Waals surface area contributed by atoms with Crippen LogP contribution in [0.15, 0.2) is 48.5 Å². The molecule has 2 aromatic rings. The van der Waals surface area contributed by atoms with Gasteiger partial charge in [0.05, 0.1) is 11.1 Å². The predicted molar refractivity (Wildman–Crippen MR) is 103 cm³/mol. The average molecular weight is 406 g/mol. The predicted octanol–water partition coefficient (Wildman–Crippen LogP) is 1.51. The molecule has 4 rings (SSSR count). The van der Waals surface area contributed by atoms with E-state index in [1.165, 1.54) is 6.07 Å². The first-order valence-corrected chi connectivity index (χ1v) is 9.40. The van der Waals surface area contributed by atoms with Gasteiger partial charge >= 0.3 is 5.97 Å². The third kappa shape index (κ3) is 2.88. The highest BCUT2D eigenvalue weighted by atomic mass is 16.5. The van der Waals surface area contributed by atoms with Gasteiger partial charge in [-0.1, -0.05) is 42.5 Å². The average Bonchev–Trinajstić information content (AvgIpc) is 2.99. The van der Waals surface area contributed by atoms with Gasteiger partial charge in [0.1, 0.15) is 6.61 Å². The Labute approximate surface area is 171 Å². The Hall–Kier alpha value is -3.81. The lowest BCUT2D eigenvalue weighted by molar-refractivity contribution is -0.165. The molecule has 8 heteroatoms. The van der Waals surface area contributed by atoms with Gasteiger partial charge in [0.25, 0.3) is 17.7 Å². The number of fused-ring (bicyclic) bond motifs is 1. The van der Waals surface area contributed by atoms with E-state index in [0.717, 1.165) is 0 Å². The quantitative estimate of drug-likeness (QED) is 0.468.